The summed E-state index contributed by atoms with van der Waals surface area (Å²) in [6, 6.07) is 2.22. The minimum Gasteiger partial charge on any atom is -0.344 e. The maximum absolute atomic E-state index is 4.36. The molecule has 0 spiro atoms. The summed E-state index contributed by atoms with van der Waals surface area (Å²) in [6.07, 6.45) is 2.86. The Balaban J connectivity index is 2.40. The molecule has 0 unspecified atom stereocenters. The average molecular weight is 174 g/mol. The summed E-state index contributed by atoms with van der Waals surface area (Å²) in [7, 11) is 0. The molecule has 2 nitrogen and oxygen atoms in total. The zero-order valence-corrected chi connectivity index (χ0v) is 8.09. The van der Waals surface area contributed by atoms with Crippen LogP contribution < -0.4 is 5.32 Å². The van der Waals surface area contributed by atoms with Crippen molar-refractivity contribution in [3.8, 4) is 0 Å². The van der Waals surface area contributed by atoms with Crippen molar-refractivity contribution in [1.82, 2.24) is 4.98 Å². The number of pyridine rings is 1. The fraction of sp³-hybridized carbons (Fsp3) is 0.364. The second-order valence-electron chi connectivity index (χ2n) is 3.84. The van der Waals surface area contributed by atoms with E-state index in [9.17, 15) is 0 Å². The maximum Gasteiger partial charge on any atom is 0.133 e. The van der Waals surface area contributed by atoms with Crippen LogP contribution >= 0.6 is 0 Å². The largest absolute Gasteiger partial charge is 0.344 e. The van der Waals surface area contributed by atoms with Crippen molar-refractivity contribution in [2.45, 2.75) is 26.2 Å². The molecule has 68 valence electrons. The van der Waals surface area contributed by atoms with Gasteiger partial charge in [0.1, 0.15) is 5.82 Å². The molecular weight excluding hydrogens is 160 g/mol. The van der Waals surface area contributed by atoms with Crippen LogP contribution in [-0.4, -0.2) is 4.98 Å². The Morgan fingerprint density at radius 1 is 1.54 bits per heavy atom. The van der Waals surface area contributed by atoms with Gasteiger partial charge in [-0.1, -0.05) is 20.4 Å². The molecule has 0 bridgehead atoms. The number of nitrogens with one attached hydrogen (secondary N) is 1. The van der Waals surface area contributed by atoms with Crippen LogP contribution in [0.1, 0.15) is 30.9 Å². The van der Waals surface area contributed by atoms with Gasteiger partial charge in [0.15, 0.2) is 0 Å². The van der Waals surface area contributed by atoms with Crippen molar-refractivity contribution in [1.29, 1.82) is 0 Å². The van der Waals surface area contributed by atoms with E-state index in [4.69, 9.17) is 0 Å². The van der Waals surface area contributed by atoms with Crippen LogP contribution in [-0.2, 0) is 6.42 Å². The van der Waals surface area contributed by atoms with Crippen molar-refractivity contribution < 1.29 is 0 Å². The van der Waals surface area contributed by atoms with E-state index in [1.54, 1.807) is 0 Å². The lowest BCUT2D eigenvalue weighted by molar-refractivity contribution is 0.856. The second kappa shape index (κ2) is 2.87. The number of hydrogen-bond donors (Lipinski definition) is 1. The molecule has 1 aliphatic rings. The third-order valence-corrected chi connectivity index (χ3v) is 2.35. The van der Waals surface area contributed by atoms with E-state index >= 15 is 0 Å². The summed E-state index contributed by atoms with van der Waals surface area (Å²) in [4.78, 5) is 4.36. The van der Waals surface area contributed by atoms with Gasteiger partial charge in [-0.05, 0) is 17.5 Å². The summed E-state index contributed by atoms with van der Waals surface area (Å²) in [5.41, 5.74) is 3.62. The number of nitrogens with zero attached hydrogens (tertiary/aromatic N) is 1. The predicted molar refractivity (Wildman–Crippen MR) is 54.8 cm³/mol. The van der Waals surface area contributed by atoms with Crippen molar-refractivity contribution in [2.75, 3.05) is 5.32 Å². The lowest BCUT2D eigenvalue weighted by Crippen LogP contribution is -1.93. The van der Waals surface area contributed by atoms with E-state index in [1.165, 1.54) is 11.1 Å². The summed E-state index contributed by atoms with van der Waals surface area (Å²) in [6.45, 7) is 8.25. The van der Waals surface area contributed by atoms with Gasteiger partial charge in [0.25, 0.3) is 0 Å². The SMILES string of the molecule is C=C1Cc2cc(C(C)C)cnc2N1. The van der Waals surface area contributed by atoms with Gasteiger partial charge in [0.05, 0.1) is 0 Å². The van der Waals surface area contributed by atoms with Gasteiger partial charge in [-0.25, -0.2) is 4.98 Å². The number of aromatic nitrogens is 1. The predicted octanol–water partition coefficient (Wildman–Crippen LogP) is 2.69. The zero-order chi connectivity index (χ0) is 9.42. The highest BCUT2D eigenvalue weighted by molar-refractivity contribution is 5.57. The highest BCUT2D eigenvalue weighted by atomic mass is 15.0. The van der Waals surface area contributed by atoms with Gasteiger partial charge in [-0.15, -0.1) is 0 Å². The van der Waals surface area contributed by atoms with Crippen LogP contribution in [0.2, 0.25) is 0 Å². The van der Waals surface area contributed by atoms with Crippen LogP contribution in [0.4, 0.5) is 5.82 Å². The molecule has 0 aromatic carbocycles. The molecule has 0 aliphatic carbocycles. The molecule has 0 saturated heterocycles. The van der Waals surface area contributed by atoms with Gasteiger partial charge >= 0.3 is 0 Å². The Bertz CT molecular complexity index is 353. The van der Waals surface area contributed by atoms with Crippen molar-refractivity contribution >= 4 is 5.82 Å². The summed E-state index contributed by atoms with van der Waals surface area (Å²) >= 11 is 0. The Labute approximate surface area is 78.7 Å². The molecule has 2 rings (SSSR count). The Morgan fingerprint density at radius 2 is 2.31 bits per heavy atom. The third-order valence-electron chi connectivity index (χ3n) is 2.35. The quantitative estimate of drug-likeness (QED) is 0.708. The average Bonchev–Trinajstić information content (AvgIpc) is 2.42. The number of fused-ring (bicyclic) bond motifs is 1. The van der Waals surface area contributed by atoms with E-state index < -0.39 is 0 Å². The number of hydrogen-bond acceptors (Lipinski definition) is 2. The van der Waals surface area contributed by atoms with Crippen LogP contribution in [0, 0.1) is 0 Å². The Hall–Kier alpha value is -1.31. The van der Waals surface area contributed by atoms with Gasteiger partial charge in [0, 0.05) is 23.9 Å². The van der Waals surface area contributed by atoms with Crippen molar-refractivity contribution in [3.05, 3.63) is 35.7 Å². The molecule has 13 heavy (non-hydrogen) atoms. The molecule has 0 saturated carbocycles. The smallest absolute Gasteiger partial charge is 0.133 e. The highest BCUT2D eigenvalue weighted by Crippen LogP contribution is 2.27. The lowest BCUT2D eigenvalue weighted by atomic mass is 10.0. The van der Waals surface area contributed by atoms with E-state index in [1.807, 2.05) is 6.20 Å². The first-order valence-electron chi connectivity index (χ1n) is 4.60. The number of rotatable bonds is 1. The summed E-state index contributed by atoms with van der Waals surface area (Å²) in [5.74, 6) is 1.53. The lowest BCUT2D eigenvalue weighted by Gasteiger charge is -2.05. The van der Waals surface area contributed by atoms with E-state index in [2.05, 4.69) is 36.8 Å². The molecule has 0 amide bonds. The molecule has 0 radical (unpaired) electrons. The molecule has 1 aromatic heterocycles. The number of allylic oxidation sites excluding steroid dienone is 1. The van der Waals surface area contributed by atoms with Crippen LogP contribution in [0.3, 0.4) is 0 Å². The van der Waals surface area contributed by atoms with E-state index in [0.717, 1.165) is 17.9 Å². The molecule has 0 atom stereocenters. The Kier molecular flexibility index (Phi) is 1.83. The van der Waals surface area contributed by atoms with Gasteiger partial charge < -0.3 is 5.32 Å². The third kappa shape index (κ3) is 1.44. The fourth-order valence-corrected chi connectivity index (χ4v) is 1.53. The molecule has 1 aliphatic heterocycles. The van der Waals surface area contributed by atoms with Gasteiger partial charge in [0.2, 0.25) is 0 Å². The first-order valence-corrected chi connectivity index (χ1v) is 4.60. The van der Waals surface area contributed by atoms with E-state index in [-0.39, 0.29) is 0 Å². The second-order valence-corrected chi connectivity index (χ2v) is 3.84. The van der Waals surface area contributed by atoms with Crippen LogP contribution in [0.25, 0.3) is 0 Å². The van der Waals surface area contributed by atoms with Gasteiger partial charge in [-0.3, -0.25) is 0 Å². The van der Waals surface area contributed by atoms with E-state index in [0.29, 0.717) is 5.92 Å². The summed E-state index contributed by atoms with van der Waals surface area (Å²) < 4.78 is 0. The molecular formula is C11H14N2. The molecule has 0 fully saturated rings. The topological polar surface area (TPSA) is 24.9 Å². The van der Waals surface area contributed by atoms with Crippen molar-refractivity contribution in [3.63, 3.8) is 0 Å². The first kappa shape index (κ1) is 8.30. The number of anilines is 1. The fourth-order valence-electron chi connectivity index (χ4n) is 1.53. The monoisotopic (exact) mass is 174 g/mol. The minimum atomic E-state index is 0.548. The maximum atomic E-state index is 4.36. The van der Waals surface area contributed by atoms with Crippen molar-refractivity contribution in [2.24, 2.45) is 0 Å². The van der Waals surface area contributed by atoms with Gasteiger partial charge in [-0.2, -0.15) is 0 Å². The van der Waals surface area contributed by atoms with Crippen LogP contribution in [0.15, 0.2) is 24.5 Å². The molecule has 1 aromatic rings. The highest BCUT2D eigenvalue weighted by Gasteiger charge is 2.15. The Morgan fingerprint density at radius 3 is 3.00 bits per heavy atom. The normalized spacial score (nSPS) is 14.5. The molecule has 1 N–H and O–H groups in total. The first-order chi connectivity index (χ1) is 6.16. The molecule has 2 heterocycles. The molecule has 2 heteroatoms. The zero-order valence-electron chi connectivity index (χ0n) is 8.09. The summed E-state index contributed by atoms with van der Waals surface area (Å²) in [5, 5.41) is 3.16. The minimum absolute atomic E-state index is 0.548. The van der Waals surface area contributed by atoms with Crippen LogP contribution in [0.5, 0.6) is 0 Å². The standard InChI is InChI=1S/C11H14N2/c1-7(2)10-5-9-4-8(3)13-11(9)12-6-10/h5-7H,3-4H2,1-2H3,(H,12,13).